The van der Waals surface area contributed by atoms with Crippen molar-refractivity contribution in [3.8, 4) is 11.5 Å². The van der Waals surface area contributed by atoms with Gasteiger partial charge in [-0.3, -0.25) is 4.79 Å². The second kappa shape index (κ2) is 9.19. The van der Waals surface area contributed by atoms with E-state index in [1.807, 2.05) is 37.3 Å². The Kier molecular flexibility index (Phi) is 6.44. The number of anilines is 1. The summed E-state index contributed by atoms with van der Waals surface area (Å²) in [6, 6.07) is 14.4. The quantitative estimate of drug-likeness (QED) is 0.587. The third kappa shape index (κ3) is 5.56. The van der Waals surface area contributed by atoms with E-state index in [4.69, 9.17) is 20.9 Å². The maximum Gasteiger partial charge on any atom is 0.227 e. The van der Waals surface area contributed by atoms with Crippen LogP contribution in [0.2, 0.25) is 5.02 Å². The zero-order chi connectivity index (χ0) is 19.1. The molecule has 0 aliphatic carbocycles. The van der Waals surface area contributed by atoms with Crippen LogP contribution in [0.4, 0.5) is 5.69 Å². The first-order chi connectivity index (χ1) is 13.1. The molecule has 0 aliphatic rings. The van der Waals surface area contributed by atoms with Gasteiger partial charge in [-0.15, -0.1) is 0 Å². The number of ether oxygens (including phenoxy) is 1. The molecular formula is C20H20ClN3O3. The lowest BCUT2D eigenvalue weighted by Gasteiger charge is -2.12. The van der Waals surface area contributed by atoms with Gasteiger partial charge >= 0.3 is 0 Å². The van der Waals surface area contributed by atoms with Crippen LogP contribution in [-0.2, 0) is 17.6 Å². The highest BCUT2D eigenvalue weighted by Gasteiger charge is 2.12. The summed E-state index contributed by atoms with van der Waals surface area (Å²) in [5.74, 6) is 2.12. The molecule has 7 heteroatoms. The Hall–Kier alpha value is -2.86. The Morgan fingerprint density at radius 3 is 2.78 bits per heavy atom. The van der Waals surface area contributed by atoms with Crippen LogP contribution >= 0.6 is 11.6 Å². The molecule has 3 rings (SSSR count). The molecule has 0 saturated carbocycles. The molecule has 1 aromatic heterocycles. The number of nitrogens with one attached hydrogen (secondary N) is 1. The third-order valence-corrected chi connectivity index (χ3v) is 3.97. The number of hydrogen-bond acceptors (Lipinski definition) is 5. The van der Waals surface area contributed by atoms with Crippen molar-refractivity contribution < 1.29 is 14.1 Å². The number of benzene rings is 2. The van der Waals surface area contributed by atoms with Crippen LogP contribution in [0, 0.1) is 0 Å². The zero-order valence-electron chi connectivity index (χ0n) is 14.9. The van der Waals surface area contributed by atoms with Gasteiger partial charge in [0.15, 0.2) is 11.6 Å². The fourth-order valence-corrected chi connectivity index (χ4v) is 2.63. The summed E-state index contributed by atoms with van der Waals surface area (Å²) in [6.07, 6.45) is 2.29. The first kappa shape index (κ1) is 18.9. The molecule has 0 aliphatic heterocycles. The van der Waals surface area contributed by atoms with Gasteiger partial charge in [0.1, 0.15) is 5.75 Å². The van der Waals surface area contributed by atoms with Crippen LogP contribution in [0.5, 0.6) is 11.5 Å². The van der Waals surface area contributed by atoms with E-state index in [1.54, 1.807) is 18.2 Å². The van der Waals surface area contributed by atoms with Gasteiger partial charge in [0.05, 0.1) is 5.69 Å². The number of carbonyl (C=O) groups is 1. The van der Waals surface area contributed by atoms with Crippen LogP contribution in [0.3, 0.4) is 0 Å². The predicted octanol–water partition coefficient (Wildman–Crippen LogP) is 5.04. The predicted molar refractivity (Wildman–Crippen MR) is 103 cm³/mol. The molecule has 1 amide bonds. The minimum absolute atomic E-state index is 0.189. The van der Waals surface area contributed by atoms with Crippen molar-refractivity contribution in [2.45, 2.75) is 32.6 Å². The van der Waals surface area contributed by atoms with Gasteiger partial charge in [0.2, 0.25) is 11.8 Å². The van der Waals surface area contributed by atoms with Crippen LogP contribution in [0.25, 0.3) is 0 Å². The molecular weight excluding hydrogens is 366 g/mol. The molecule has 0 unspecified atom stereocenters. The van der Waals surface area contributed by atoms with E-state index in [2.05, 4.69) is 15.5 Å². The molecule has 0 radical (unpaired) electrons. The fraction of sp³-hybridized carbons (Fsp3) is 0.250. The first-order valence-corrected chi connectivity index (χ1v) is 9.15. The highest BCUT2D eigenvalue weighted by molar-refractivity contribution is 6.31. The van der Waals surface area contributed by atoms with Gasteiger partial charge in [-0.2, -0.15) is 4.98 Å². The van der Waals surface area contributed by atoms with Gasteiger partial charge in [0.25, 0.3) is 0 Å². The topological polar surface area (TPSA) is 77.2 Å². The minimum Gasteiger partial charge on any atom is -0.455 e. The van der Waals surface area contributed by atoms with Gasteiger partial charge in [0, 0.05) is 24.3 Å². The molecule has 3 aromatic rings. The lowest BCUT2D eigenvalue weighted by molar-refractivity contribution is -0.116. The molecule has 0 fully saturated rings. The summed E-state index contributed by atoms with van der Waals surface area (Å²) >= 11 is 6.07. The average Bonchev–Trinajstić information content (AvgIpc) is 3.11. The summed E-state index contributed by atoms with van der Waals surface area (Å²) in [4.78, 5) is 16.6. The molecule has 1 heterocycles. The molecule has 1 N–H and O–H groups in total. The van der Waals surface area contributed by atoms with Crippen molar-refractivity contribution in [1.29, 1.82) is 0 Å². The third-order valence-electron chi connectivity index (χ3n) is 3.74. The van der Waals surface area contributed by atoms with Gasteiger partial charge in [-0.25, -0.2) is 0 Å². The first-order valence-electron chi connectivity index (χ1n) is 8.78. The van der Waals surface area contributed by atoms with E-state index < -0.39 is 0 Å². The van der Waals surface area contributed by atoms with Crippen LogP contribution < -0.4 is 10.1 Å². The average molecular weight is 386 g/mol. The smallest absolute Gasteiger partial charge is 0.227 e. The SMILES string of the molecule is CCCc1noc(CCC(=O)Nc2cc(Cl)ccc2Oc2ccccc2)n1. The van der Waals surface area contributed by atoms with Crippen LogP contribution in [0.15, 0.2) is 53.1 Å². The minimum atomic E-state index is -0.189. The summed E-state index contributed by atoms with van der Waals surface area (Å²) in [5.41, 5.74) is 0.508. The molecule has 6 nitrogen and oxygen atoms in total. The van der Waals surface area contributed by atoms with Gasteiger partial charge < -0.3 is 14.6 Å². The lowest BCUT2D eigenvalue weighted by Crippen LogP contribution is -2.13. The molecule has 0 saturated heterocycles. The number of aryl methyl sites for hydroxylation is 2. The summed E-state index contributed by atoms with van der Waals surface area (Å²) in [5, 5.41) is 7.23. The number of nitrogens with zero attached hydrogens (tertiary/aromatic N) is 2. The Bertz CT molecular complexity index is 896. The number of carbonyl (C=O) groups excluding carboxylic acids is 1. The van der Waals surface area contributed by atoms with Crippen molar-refractivity contribution >= 4 is 23.2 Å². The number of halogens is 1. The van der Waals surface area contributed by atoms with Crippen molar-refractivity contribution in [2.75, 3.05) is 5.32 Å². The van der Waals surface area contributed by atoms with Crippen LogP contribution in [-0.4, -0.2) is 16.0 Å². The molecule has 0 atom stereocenters. The normalized spacial score (nSPS) is 10.6. The zero-order valence-corrected chi connectivity index (χ0v) is 15.7. The van der Waals surface area contributed by atoms with E-state index in [1.165, 1.54) is 0 Å². The number of rotatable bonds is 8. The van der Waals surface area contributed by atoms with Gasteiger partial charge in [-0.05, 0) is 36.8 Å². The molecule has 0 bridgehead atoms. The van der Waals surface area contributed by atoms with Crippen molar-refractivity contribution in [1.82, 2.24) is 10.1 Å². The molecule has 27 heavy (non-hydrogen) atoms. The van der Waals surface area contributed by atoms with E-state index in [-0.39, 0.29) is 12.3 Å². The number of aromatic nitrogens is 2. The molecule has 2 aromatic carbocycles. The fourth-order valence-electron chi connectivity index (χ4n) is 2.45. The second-order valence-electron chi connectivity index (χ2n) is 5.96. The summed E-state index contributed by atoms with van der Waals surface area (Å²) in [6.45, 7) is 2.05. The van der Waals surface area contributed by atoms with Crippen LogP contribution in [0.1, 0.15) is 31.5 Å². The standard InChI is InChI=1S/C20H20ClN3O3/c1-2-6-18-23-20(27-24-18)12-11-19(25)22-16-13-14(21)9-10-17(16)26-15-7-4-3-5-8-15/h3-5,7-10,13H,2,6,11-12H2,1H3,(H,22,25). The monoisotopic (exact) mass is 385 g/mol. The largest absolute Gasteiger partial charge is 0.455 e. The number of hydrogen-bond donors (Lipinski definition) is 1. The Balaban J connectivity index is 1.63. The number of amides is 1. The van der Waals surface area contributed by atoms with Crippen molar-refractivity contribution in [3.05, 3.63) is 65.3 Å². The molecule has 140 valence electrons. The van der Waals surface area contributed by atoms with E-state index in [9.17, 15) is 4.79 Å². The van der Waals surface area contributed by atoms with E-state index in [0.717, 1.165) is 12.8 Å². The Morgan fingerprint density at radius 2 is 2.00 bits per heavy atom. The second-order valence-corrected chi connectivity index (χ2v) is 6.39. The number of para-hydroxylation sites is 1. The maximum absolute atomic E-state index is 12.3. The molecule has 0 spiro atoms. The van der Waals surface area contributed by atoms with E-state index in [0.29, 0.717) is 40.3 Å². The van der Waals surface area contributed by atoms with E-state index >= 15 is 0 Å². The Labute approximate surface area is 162 Å². The van der Waals surface area contributed by atoms with Crippen molar-refractivity contribution in [2.24, 2.45) is 0 Å². The Morgan fingerprint density at radius 1 is 1.19 bits per heavy atom. The highest BCUT2D eigenvalue weighted by Crippen LogP contribution is 2.32. The summed E-state index contributed by atoms with van der Waals surface area (Å²) in [7, 11) is 0. The maximum atomic E-state index is 12.3. The lowest BCUT2D eigenvalue weighted by atomic mass is 10.2. The highest BCUT2D eigenvalue weighted by atomic mass is 35.5. The van der Waals surface area contributed by atoms with Gasteiger partial charge in [-0.1, -0.05) is 41.9 Å². The summed E-state index contributed by atoms with van der Waals surface area (Å²) < 4.78 is 11.0. The van der Waals surface area contributed by atoms with Crippen molar-refractivity contribution in [3.63, 3.8) is 0 Å².